The zero-order chi connectivity index (χ0) is 22.5. The molecule has 2 aromatic carbocycles. The molecule has 166 valence electrons. The van der Waals surface area contributed by atoms with Crippen LogP contribution in [0.1, 0.15) is 36.3 Å². The Kier molecular flexibility index (Phi) is 6.65. The van der Waals surface area contributed by atoms with Crippen molar-refractivity contribution in [2.75, 3.05) is 19.7 Å². The summed E-state index contributed by atoms with van der Waals surface area (Å²) in [5.74, 6) is -0.502. The standard InChI is InChI=1S/C23H23F2N5O2/c1-2-32-21(31)15-30-23(26-27-28-30)22(18-5-9-20(25)10-6-18)29-13-11-17(12-14-29)16-3-7-19(24)8-4-16/h3-11,22H,2,12-15H2,1H3/p+1/t22-/m1/s1. The number of rotatable bonds is 7. The highest BCUT2D eigenvalue weighted by Crippen LogP contribution is 2.22. The second-order valence-corrected chi connectivity index (χ2v) is 7.58. The van der Waals surface area contributed by atoms with Crippen LogP contribution in [0.2, 0.25) is 0 Å². The molecule has 1 N–H and O–H groups in total. The van der Waals surface area contributed by atoms with E-state index in [1.54, 1.807) is 31.2 Å². The predicted octanol–water partition coefficient (Wildman–Crippen LogP) is 1.98. The maximum Gasteiger partial charge on any atom is 0.327 e. The third-order valence-corrected chi connectivity index (χ3v) is 5.55. The zero-order valence-electron chi connectivity index (χ0n) is 17.7. The number of ether oxygens (including phenoxy) is 1. The molecular formula is C23H24F2N5O2+. The van der Waals surface area contributed by atoms with Crippen molar-refractivity contribution in [1.82, 2.24) is 20.2 Å². The summed E-state index contributed by atoms with van der Waals surface area (Å²) in [4.78, 5) is 13.2. The molecule has 0 spiro atoms. The number of quaternary nitrogens is 1. The van der Waals surface area contributed by atoms with Crippen LogP contribution in [0.15, 0.2) is 54.6 Å². The molecule has 1 aliphatic rings. The first kappa shape index (κ1) is 21.8. The van der Waals surface area contributed by atoms with Gasteiger partial charge in [-0.2, -0.15) is 0 Å². The SMILES string of the molecule is CCOC(=O)Cn1nnnc1[C@@H](c1ccc(F)cc1)[NH+]1CC=C(c2ccc(F)cc2)CC1. The molecule has 0 bridgehead atoms. The fraction of sp³-hybridized carbons (Fsp3) is 0.304. The number of nitrogens with one attached hydrogen (secondary N) is 1. The Morgan fingerprint density at radius 2 is 1.81 bits per heavy atom. The third kappa shape index (κ3) is 4.88. The molecule has 7 nitrogen and oxygen atoms in total. The van der Waals surface area contributed by atoms with Crippen molar-refractivity contribution in [1.29, 1.82) is 0 Å². The van der Waals surface area contributed by atoms with Crippen molar-refractivity contribution < 1.29 is 23.2 Å². The van der Waals surface area contributed by atoms with E-state index in [1.807, 2.05) is 0 Å². The minimum Gasteiger partial charge on any atom is -0.465 e. The van der Waals surface area contributed by atoms with E-state index in [0.29, 0.717) is 12.4 Å². The largest absolute Gasteiger partial charge is 0.465 e. The molecule has 32 heavy (non-hydrogen) atoms. The van der Waals surface area contributed by atoms with E-state index in [1.165, 1.54) is 28.9 Å². The van der Waals surface area contributed by atoms with Crippen LogP contribution < -0.4 is 4.90 Å². The Bertz CT molecular complexity index is 1100. The van der Waals surface area contributed by atoms with Gasteiger partial charge in [0.05, 0.1) is 19.7 Å². The molecule has 9 heteroatoms. The lowest BCUT2D eigenvalue weighted by atomic mass is 9.96. The first-order valence-electron chi connectivity index (χ1n) is 10.5. The topological polar surface area (TPSA) is 74.3 Å². The number of esters is 1. The van der Waals surface area contributed by atoms with Crippen molar-refractivity contribution >= 4 is 11.5 Å². The Morgan fingerprint density at radius 3 is 2.44 bits per heavy atom. The number of carbonyl (C=O) groups excluding carboxylic acids is 1. The van der Waals surface area contributed by atoms with E-state index in [0.717, 1.165) is 34.6 Å². The van der Waals surface area contributed by atoms with Gasteiger partial charge in [-0.05, 0) is 71.0 Å². The molecule has 0 saturated carbocycles. The van der Waals surface area contributed by atoms with Crippen LogP contribution in [0.3, 0.4) is 0 Å². The Labute approximate surface area is 184 Å². The Balaban J connectivity index is 1.63. The fourth-order valence-corrected chi connectivity index (χ4v) is 4.02. The van der Waals surface area contributed by atoms with Crippen LogP contribution in [-0.4, -0.2) is 45.9 Å². The normalized spacial score (nSPS) is 17.0. The molecule has 1 aliphatic heterocycles. The number of benzene rings is 2. The summed E-state index contributed by atoms with van der Waals surface area (Å²) in [5.41, 5.74) is 2.99. The number of halogens is 2. The summed E-state index contributed by atoms with van der Waals surface area (Å²) in [6.07, 6.45) is 2.90. The monoisotopic (exact) mass is 440 g/mol. The fourth-order valence-electron chi connectivity index (χ4n) is 4.02. The lowest BCUT2D eigenvalue weighted by molar-refractivity contribution is -0.921. The van der Waals surface area contributed by atoms with Gasteiger partial charge in [-0.1, -0.05) is 12.1 Å². The highest BCUT2D eigenvalue weighted by atomic mass is 19.1. The molecule has 3 aromatic rings. The van der Waals surface area contributed by atoms with Crippen LogP contribution in [-0.2, 0) is 16.1 Å². The highest BCUT2D eigenvalue weighted by molar-refractivity contribution is 5.69. The molecule has 0 aliphatic carbocycles. The van der Waals surface area contributed by atoms with Crippen LogP contribution in [0.5, 0.6) is 0 Å². The molecule has 2 atom stereocenters. The molecule has 0 fully saturated rings. The van der Waals surface area contributed by atoms with Gasteiger partial charge in [-0.3, -0.25) is 4.79 Å². The van der Waals surface area contributed by atoms with Gasteiger partial charge in [0.25, 0.3) is 0 Å². The van der Waals surface area contributed by atoms with E-state index < -0.39 is 5.97 Å². The maximum absolute atomic E-state index is 13.6. The smallest absolute Gasteiger partial charge is 0.327 e. The number of carbonyl (C=O) groups is 1. The van der Waals surface area contributed by atoms with Gasteiger partial charge in [0.2, 0.25) is 5.82 Å². The zero-order valence-corrected chi connectivity index (χ0v) is 17.7. The van der Waals surface area contributed by atoms with Gasteiger partial charge in [0.15, 0.2) is 6.04 Å². The van der Waals surface area contributed by atoms with Crippen molar-refractivity contribution in [2.24, 2.45) is 0 Å². The molecule has 4 rings (SSSR count). The minimum absolute atomic E-state index is 0.0994. The van der Waals surface area contributed by atoms with Gasteiger partial charge in [0.1, 0.15) is 18.2 Å². The summed E-state index contributed by atoms with van der Waals surface area (Å²) >= 11 is 0. The minimum atomic E-state index is -0.425. The van der Waals surface area contributed by atoms with Crippen molar-refractivity contribution in [3.05, 3.63) is 83.2 Å². The van der Waals surface area contributed by atoms with E-state index in [2.05, 4.69) is 21.6 Å². The quantitative estimate of drug-likeness (QED) is 0.569. The highest BCUT2D eigenvalue weighted by Gasteiger charge is 2.33. The molecule has 0 saturated heterocycles. The second-order valence-electron chi connectivity index (χ2n) is 7.58. The van der Waals surface area contributed by atoms with E-state index in [9.17, 15) is 13.6 Å². The van der Waals surface area contributed by atoms with Gasteiger partial charge >= 0.3 is 5.97 Å². The summed E-state index contributed by atoms with van der Waals surface area (Å²) in [7, 11) is 0. The van der Waals surface area contributed by atoms with Gasteiger partial charge in [-0.25, -0.2) is 13.5 Å². The average molecular weight is 440 g/mol. The van der Waals surface area contributed by atoms with Crippen LogP contribution in [0.25, 0.3) is 5.57 Å². The van der Waals surface area contributed by atoms with Crippen molar-refractivity contribution in [3.63, 3.8) is 0 Å². The summed E-state index contributed by atoms with van der Waals surface area (Å²) in [6, 6.07) is 12.4. The van der Waals surface area contributed by atoms with Crippen LogP contribution >= 0.6 is 0 Å². The number of tetrazole rings is 1. The van der Waals surface area contributed by atoms with Crippen LogP contribution in [0, 0.1) is 11.6 Å². The van der Waals surface area contributed by atoms with Gasteiger partial charge in [0, 0.05) is 12.0 Å². The van der Waals surface area contributed by atoms with Crippen LogP contribution in [0.4, 0.5) is 8.78 Å². The molecule has 0 radical (unpaired) electrons. The maximum atomic E-state index is 13.6. The van der Waals surface area contributed by atoms with Gasteiger partial charge < -0.3 is 9.64 Å². The van der Waals surface area contributed by atoms with E-state index in [-0.39, 0.29) is 30.8 Å². The molecule has 2 heterocycles. The van der Waals surface area contributed by atoms with Crippen molar-refractivity contribution in [3.8, 4) is 0 Å². The number of aromatic nitrogens is 4. The Hall–Kier alpha value is -3.46. The first-order valence-corrected chi connectivity index (χ1v) is 10.5. The molecule has 1 aromatic heterocycles. The first-order chi connectivity index (χ1) is 15.5. The lowest BCUT2D eigenvalue weighted by Crippen LogP contribution is -3.13. The van der Waals surface area contributed by atoms with E-state index >= 15 is 0 Å². The Morgan fingerprint density at radius 1 is 1.12 bits per heavy atom. The second kappa shape index (κ2) is 9.78. The molecule has 0 amide bonds. The molecule has 1 unspecified atom stereocenters. The molecular weight excluding hydrogens is 416 g/mol. The average Bonchev–Trinajstić information content (AvgIpc) is 3.24. The van der Waals surface area contributed by atoms with Gasteiger partial charge in [-0.15, -0.1) is 5.10 Å². The number of hydrogen-bond donors (Lipinski definition) is 1. The summed E-state index contributed by atoms with van der Waals surface area (Å²) in [6.45, 7) is 3.34. The lowest BCUT2D eigenvalue weighted by Gasteiger charge is -2.30. The number of nitrogens with zero attached hydrogens (tertiary/aromatic N) is 4. The summed E-state index contributed by atoms with van der Waals surface area (Å²) in [5, 5.41) is 12.0. The third-order valence-electron chi connectivity index (χ3n) is 5.55. The number of hydrogen-bond acceptors (Lipinski definition) is 5. The van der Waals surface area contributed by atoms with Crippen molar-refractivity contribution in [2.45, 2.75) is 25.9 Å². The van der Waals surface area contributed by atoms with E-state index in [4.69, 9.17) is 4.74 Å². The summed E-state index contributed by atoms with van der Waals surface area (Å²) < 4.78 is 33.3. The predicted molar refractivity (Wildman–Crippen MR) is 112 cm³/mol.